The van der Waals surface area contributed by atoms with Gasteiger partial charge in [-0.25, -0.2) is 0 Å². The van der Waals surface area contributed by atoms with E-state index in [1.165, 1.54) is 95.5 Å². The van der Waals surface area contributed by atoms with Crippen LogP contribution in [-0.2, 0) is 5.41 Å². The van der Waals surface area contributed by atoms with Crippen molar-refractivity contribution >= 4 is 18.1 Å². The smallest absolute Gasteiger partial charge is 0.0633 e. The highest BCUT2D eigenvalue weighted by Gasteiger charge is 2.50. The van der Waals surface area contributed by atoms with Crippen LogP contribution >= 0.6 is 0 Å². The molecule has 0 saturated carbocycles. The fourth-order valence-electron chi connectivity index (χ4n) is 7.62. The van der Waals surface area contributed by atoms with Crippen LogP contribution in [0.15, 0.2) is 113 Å². The summed E-state index contributed by atoms with van der Waals surface area (Å²) >= 11 is 0. The molecular formula is C43H54N2. The standard InChI is InChI=1S/C43H54N2/c1-3-5-7-9-11-19-29-43(30-20-12-10-8-6-4-2)41-31-37(44-33-35-21-15-13-16-22-35)25-27-39(41)40-28-26-38(32-42(40)43)45-34-36-23-17-14-18-24-36/h13-18,21-28,31-34,39,41H,3-12,19-20,29-30H2,1-2H3/b44-33+,45-34+. The average Bonchev–Trinajstić information content (AvgIpc) is 3.35. The van der Waals surface area contributed by atoms with E-state index in [4.69, 9.17) is 9.98 Å². The fraction of sp³-hybridized carbons (Fsp3) is 0.442. The average molecular weight is 599 g/mol. The summed E-state index contributed by atoms with van der Waals surface area (Å²) < 4.78 is 0. The number of fused-ring (bicyclic) bond motifs is 3. The zero-order chi connectivity index (χ0) is 31.2. The van der Waals surface area contributed by atoms with Crippen molar-refractivity contribution < 1.29 is 0 Å². The third-order valence-electron chi connectivity index (χ3n) is 10.1. The van der Waals surface area contributed by atoms with E-state index in [0.717, 1.165) is 22.5 Å². The summed E-state index contributed by atoms with van der Waals surface area (Å²) in [5.41, 5.74) is 7.64. The summed E-state index contributed by atoms with van der Waals surface area (Å²) in [7, 11) is 0. The first kappa shape index (κ1) is 32.9. The van der Waals surface area contributed by atoms with Gasteiger partial charge in [0.1, 0.15) is 0 Å². The van der Waals surface area contributed by atoms with Gasteiger partial charge in [-0.1, -0.05) is 170 Å². The molecule has 0 bridgehead atoms. The van der Waals surface area contributed by atoms with Gasteiger partial charge in [-0.05, 0) is 59.2 Å². The number of unbranched alkanes of at least 4 members (excludes halogenated alkanes) is 10. The first-order valence-electron chi connectivity index (χ1n) is 18.0. The number of aliphatic imine (C=N–C) groups is 2. The molecule has 2 aliphatic carbocycles. The van der Waals surface area contributed by atoms with Gasteiger partial charge in [0.25, 0.3) is 0 Å². The molecule has 0 N–H and O–H groups in total. The van der Waals surface area contributed by atoms with E-state index >= 15 is 0 Å². The van der Waals surface area contributed by atoms with E-state index in [1.54, 1.807) is 5.56 Å². The summed E-state index contributed by atoms with van der Waals surface area (Å²) in [4.78, 5) is 10.0. The summed E-state index contributed by atoms with van der Waals surface area (Å²) in [5, 5.41) is 0. The van der Waals surface area contributed by atoms with E-state index in [0.29, 0.717) is 11.8 Å². The van der Waals surface area contributed by atoms with Crippen molar-refractivity contribution in [2.24, 2.45) is 15.9 Å². The molecule has 2 heteroatoms. The molecule has 2 atom stereocenters. The van der Waals surface area contributed by atoms with Crippen LogP contribution in [0.2, 0.25) is 0 Å². The lowest BCUT2D eigenvalue weighted by Gasteiger charge is -2.38. The Balaban J connectivity index is 1.48. The summed E-state index contributed by atoms with van der Waals surface area (Å²) in [6.45, 7) is 4.62. The van der Waals surface area contributed by atoms with Crippen LogP contribution in [0.5, 0.6) is 0 Å². The monoisotopic (exact) mass is 598 g/mol. The molecule has 3 aromatic carbocycles. The van der Waals surface area contributed by atoms with Gasteiger partial charge in [-0.15, -0.1) is 0 Å². The molecule has 0 fully saturated rings. The lowest BCUT2D eigenvalue weighted by molar-refractivity contribution is 0.263. The Morgan fingerprint density at radius 2 is 1.18 bits per heavy atom. The summed E-state index contributed by atoms with van der Waals surface area (Å²) in [6, 6.07) is 28.0. The van der Waals surface area contributed by atoms with E-state index < -0.39 is 0 Å². The van der Waals surface area contributed by atoms with E-state index in [2.05, 4.69) is 111 Å². The van der Waals surface area contributed by atoms with E-state index in [-0.39, 0.29) is 5.41 Å². The molecule has 45 heavy (non-hydrogen) atoms. The second-order valence-corrected chi connectivity index (χ2v) is 13.3. The number of rotatable bonds is 18. The number of hydrogen-bond acceptors (Lipinski definition) is 2. The Kier molecular flexibility index (Phi) is 12.6. The molecule has 0 aromatic heterocycles. The topological polar surface area (TPSA) is 24.7 Å². The van der Waals surface area contributed by atoms with Gasteiger partial charge in [-0.2, -0.15) is 0 Å². The second-order valence-electron chi connectivity index (χ2n) is 13.3. The zero-order valence-corrected chi connectivity index (χ0v) is 27.8. The predicted octanol–water partition coefficient (Wildman–Crippen LogP) is 12.5. The predicted molar refractivity (Wildman–Crippen MR) is 195 cm³/mol. The number of nitrogens with zero attached hydrogens (tertiary/aromatic N) is 2. The maximum absolute atomic E-state index is 5.01. The quantitative estimate of drug-likeness (QED) is 0.103. The normalized spacial score (nSPS) is 18.4. The van der Waals surface area contributed by atoms with Crippen LogP contribution in [0, 0.1) is 5.92 Å². The van der Waals surface area contributed by atoms with Crippen molar-refractivity contribution in [1.82, 2.24) is 0 Å². The number of allylic oxidation sites excluding steroid dienone is 3. The van der Waals surface area contributed by atoms with Crippen molar-refractivity contribution in [2.75, 3.05) is 0 Å². The van der Waals surface area contributed by atoms with Crippen LogP contribution in [0.4, 0.5) is 5.69 Å². The maximum Gasteiger partial charge on any atom is 0.0633 e. The summed E-state index contributed by atoms with van der Waals surface area (Å²) in [6.07, 6.45) is 29.8. The Labute approximate surface area is 273 Å². The van der Waals surface area contributed by atoms with Crippen LogP contribution in [0.1, 0.15) is 132 Å². The third kappa shape index (κ3) is 8.81. The van der Waals surface area contributed by atoms with E-state index in [9.17, 15) is 0 Å². The van der Waals surface area contributed by atoms with Crippen molar-refractivity contribution in [3.63, 3.8) is 0 Å². The van der Waals surface area contributed by atoms with Gasteiger partial charge in [0.2, 0.25) is 0 Å². The van der Waals surface area contributed by atoms with Crippen LogP contribution in [0.3, 0.4) is 0 Å². The van der Waals surface area contributed by atoms with Crippen molar-refractivity contribution in [3.8, 4) is 0 Å². The number of hydrogen-bond donors (Lipinski definition) is 0. The highest BCUT2D eigenvalue weighted by Crippen LogP contribution is 2.59. The van der Waals surface area contributed by atoms with Gasteiger partial charge < -0.3 is 0 Å². The molecule has 2 aliphatic rings. The lowest BCUT2D eigenvalue weighted by atomic mass is 9.65. The molecule has 0 aliphatic heterocycles. The molecule has 0 radical (unpaired) electrons. The molecule has 3 aromatic rings. The Hall–Kier alpha value is -3.52. The third-order valence-corrected chi connectivity index (χ3v) is 10.1. The Morgan fingerprint density at radius 1 is 0.622 bits per heavy atom. The minimum absolute atomic E-state index is 0.117. The second kappa shape index (κ2) is 17.2. The van der Waals surface area contributed by atoms with Crippen LogP contribution in [0.25, 0.3) is 0 Å². The van der Waals surface area contributed by atoms with E-state index in [1.807, 2.05) is 12.4 Å². The molecule has 2 unspecified atom stereocenters. The summed E-state index contributed by atoms with van der Waals surface area (Å²) in [5.74, 6) is 0.836. The highest BCUT2D eigenvalue weighted by atomic mass is 14.7. The van der Waals surface area contributed by atoms with Gasteiger partial charge in [0.15, 0.2) is 0 Å². The first-order valence-corrected chi connectivity index (χ1v) is 18.0. The SMILES string of the molecule is CCCCCCCCC1(CCCCCCCC)c2cc(/N=C/c3ccccc3)ccc2C2C=CC(/N=C/c3ccccc3)=CC21. The van der Waals surface area contributed by atoms with Gasteiger partial charge in [0, 0.05) is 23.8 Å². The van der Waals surface area contributed by atoms with Gasteiger partial charge in [-0.3, -0.25) is 9.98 Å². The lowest BCUT2D eigenvalue weighted by Crippen LogP contribution is -2.33. The molecule has 2 nitrogen and oxygen atoms in total. The molecule has 0 heterocycles. The van der Waals surface area contributed by atoms with Gasteiger partial charge in [0.05, 0.1) is 11.4 Å². The van der Waals surface area contributed by atoms with Crippen LogP contribution < -0.4 is 0 Å². The molecule has 5 rings (SSSR count). The Bertz CT molecular complexity index is 1410. The maximum atomic E-state index is 5.01. The molecule has 0 amide bonds. The minimum Gasteiger partial charge on any atom is -0.257 e. The van der Waals surface area contributed by atoms with Crippen molar-refractivity contribution in [3.05, 3.63) is 125 Å². The Morgan fingerprint density at radius 3 is 1.78 bits per heavy atom. The highest BCUT2D eigenvalue weighted by molar-refractivity contribution is 5.82. The fourth-order valence-corrected chi connectivity index (χ4v) is 7.62. The van der Waals surface area contributed by atoms with Gasteiger partial charge >= 0.3 is 0 Å². The van der Waals surface area contributed by atoms with Crippen molar-refractivity contribution in [1.29, 1.82) is 0 Å². The zero-order valence-electron chi connectivity index (χ0n) is 27.8. The molecule has 0 spiro atoms. The van der Waals surface area contributed by atoms with Crippen LogP contribution in [-0.4, -0.2) is 12.4 Å². The number of benzene rings is 3. The van der Waals surface area contributed by atoms with Crippen molar-refractivity contribution in [2.45, 2.75) is 115 Å². The largest absolute Gasteiger partial charge is 0.257 e. The first-order chi connectivity index (χ1) is 22.2. The molecular weight excluding hydrogens is 544 g/mol. The molecule has 236 valence electrons. The molecule has 0 saturated heterocycles. The minimum atomic E-state index is 0.117.